The molecule has 0 spiro atoms. The van der Waals surface area contributed by atoms with E-state index in [1.165, 1.54) is 11.1 Å². The molecule has 2 aliphatic rings. The van der Waals surface area contributed by atoms with Crippen LogP contribution in [0.5, 0.6) is 0 Å². The molecule has 1 aromatic carbocycles. The fourth-order valence-corrected chi connectivity index (χ4v) is 3.75. The van der Waals surface area contributed by atoms with Crippen LogP contribution in [0.25, 0.3) is 0 Å². The number of nitrogens with one attached hydrogen (secondary N) is 1. The highest BCUT2D eigenvalue weighted by atomic mass is 16.6. The van der Waals surface area contributed by atoms with Crippen molar-refractivity contribution < 1.29 is 14.3 Å². The highest BCUT2D eigenvalue weighted by molar-refractivity contribution is 5.74. The topological polar surface area (TPSA) is 65.1 Å². The van der Waals surface area contributed by atoms with Crippen LogP contribution in [0, 0.1) is 6.92 Å². The van der Waals surface area contributed by atoms with Crippen molar-refractivity contribution in [3.05, 3.63) is 35.4 Å². The molecule has 0 unspecified atom stereocenters. The summed E-state index contributed by atoms with van der Waals surface area (Å²) in [6.45, 7) is 9.78. The van der Waals surface area contributed by atoms with Gasteiger partial charge in [0.05, 0.1) is 6.61 Å². The Labute approximate surface area is 167 Å². The van der Waals surface area contributed by atoms with Crippen LogP contribution >= 0.6 is 0 Å². The number of benzene rings is 1. The Hall–Kier alpha value is -2.28. The normalized spacial score (nSPS) is 18.8. The van der Waals surface area contributed by atoms with Gasteiger partial charge in [0, 0.05) is 51.9 Å². The van der Waals surface area contributed by atoms with Gasteiger partial charge in [0.1, 0.15) is 0 Å². The molecule has 7 nitrogen and oxygen atoms in total. The third-order valence-corrected chi connectivity index (χ3v) is 5.53. The highest BCUT2D eigenvalue weighted by Crippen LogP contribution is 2.13. The van der Waals surface area contributed by atoms with E-state index in [4.69, 9.17) is 4.74 Å². The number of piperidine rings is 1. The number of hydrogen-bond acceptors (Lipinski definition) is 4. The molecule has 7 heteroatoms. The van der Waals surface area contributed by atoms with Crippen molar-refractivity contribution in [3.8, 4) is 0 Å². The molecule has 2 heterocycles. The van der Waals surface area contributed by atoms with Crippen LogP contribution < -0.4 is 5.32 Å². The first-order chi connectivity index (χ1) is 13.5. The van der Waals surface area contributed by atoms with Crippen molar-refractivity contribution in [2.24, 2.45) is 0 Å². The first-order valence-corrected chi connectivity index (χ1v) is 10.3. The number of rotatable bonds is 4. The van der Waals surface area contributed by atoms with E-state index >= 15 is 0 Å². The summed E-state index contributed by atoms with van der Waals surface area (Å²) in [6.07, 6.45) is 1.30. The third kappa shape index (κ3) is 5.61. The summed E-state index contributed by atoms with van der Waals surface area (Å²) in [5.41, 5.74) is 2.59. The molecule has 0 aliphatic carbocycles. The summed E-state index contributed by atoms with van der Waals surface area (Å²) in [5.74, 6) is 0. The number of carbonyl (C=O) groups excluding carboxylic acids is 2. The molecule has 3 amide bonds. The first kappa shape index (κ1) is 20.5. The largest absolute Gasteiger partial charge is 0.450 e. The molecule has 0 atom stereocenters. The Balaban J connectivity index is 1.37. The Morgan fingerprint density at radius 3 is 2.25 bits per heavy atom. The summed E-state index contributed by atoms with van der Waals surface area (Å²) in [4.78, 5) is 30.4. The molecule has 3 rings (SSSR count). The van der Waals surface area contributed by atoms with E-state index < -0.39 is 0 Å². The number of ether oxygens (including phenoxy) is 1. The number of piperazine rings is 1. The minimum Gasteiger partial charge on any atom is -0.450 e. The van der Waals surface area contributed by atoms with Crippen LogP contribution in [-0.4, -0.2) is 78.7 Å². The molecule has 2 fully saturated rings. The summed E-state index contributed by atoms with van der Waals surface area (Å²) >= 11 is 0. The molecule has 0 radical (unpaired) electrons. The van der Waals surface area contributed by atoms with Crippen LogP contribution in [0.1, 0.15) is 30.9 Å². The van der Waals surface area contributed by atoms with Gasteiger partial charge in [-0.3, -0.25) is 4.90 Å². The number of aryl methyl sites for hydroxylation is 1. The number of hydrogen-bond donors (Lipinski definition) is 1. The second-order valence-corrected chi connectivity index (χ2v) is 7.66. The Morgan fingerprint density at radius 2 is 1.64 bits per heavy atom. The fraction of sp³-hybridized carbons (Fsp3) is 0.619. The van der Waals surface area contributed by atoms with Crippen LogP contribution in [0.15, 0.2) is 24.3 Å². The van der Waals surface area contributed by atoms with Gasteiger partial charge in [0.2, 0.25) is 0 Å². The first-order valence-electron chi connectivity index (χ1n) is 10.3. The molecule has 0 bridgehead atoms. The predicted molar refractivity (Wildman–Crippen MR) is 108 cm³/mol. The maximum absolute atomic E-state index is 12.6. The van der Waals surface area contributed by atoms with Gasteiger partial charge in [-0.15, -0.1) is 0 Å². The number of urea groups is 1. The van der Waals surface area contributed by atoms with E-state index in [1.54, 1.807) is 4.90 Å². The number of likely N-dealkylation sites (tertiary alicyclic amines) is 1. The van der Waals surface area contributed by atoms with Gasteiger partial charge in [0.15, 0.2) is 0 Å². The number of amides is 3. The second kappa shape index (κ2) is 9.78. The lowest BCUT2D eigenvalue weighted by Crippen LogP contribution is -2.54. The summed E-state index contributed by atoms with van der Waals surface area (Å²) in [7, 11) is 0. The predicted octanol–water partition coefficient (Wildman–Crippen LogP) is 2.44. The molecular weight excluding hydrogens is 356 g/mol. The monoisotopic (exact) mass is 388 g/mol. The van der Waals surface area contributed by atoms with Gasteiger partial charge < -0.3 is 19.9 Å². The minimum absolute atomic E-state index is 0.0181. The lowest BCUT2D eigenvalue weighted by Gasteiger charge is -2.37. The molecule has 0 aromatic heterocycles. The van der Waals surface area contributed by atoms with Crippen molar-refractivity contribution >= 4 is 12.1 Å². The average Bonchev–Trinajstić information content (AvgIpc) is 2.71. The van der Waals surface area contributed by atoms with Gasteiger partial charge in [-0.2, -0.15) is 0 Å². The average molecular weight is 389 g/mol. The van der Waals surface area contributed by atoms with Crippen LogP contribution in [0.2, 0.25) is 0 Å². The lowest BCUT2D eigenvalue weighted by atomic mass is 10.1. The second-order valence-electron chi connectivity index (χ2n) is 7.66. The highest BCUT2D eigenvalue weighted by Gasteiger charge is 2.27. The van der Waals surface area contributed by atoms with Gasteiger partial charge in [-0.25, -0.2) is 9.59 Å². The summed E-state index contributed by atoms with van der Waals surface area (Å²) in [5, 5.41) is 3.14. The Morgan fingerprint density at radius 1 is 1.00 bits per heavy atom. The maximum Gasteiger partial charge on any atom is 0.409 e. The van der Waals surface area contributed by atoms with Crippen molar-refractivity contribution in [3.63, 3.8) is 0 Å². The van der Waals surface area contributed by atoms with Crippen molar-refractivity contribution in [2.45, 2.75) is 39.3 Å². The maximum atomic E-state index is 12.6. The standard InChI is InChI=1S/C21H32N4O3/c1-3-28-21(27)25-10-8-19(9-11-25)22-20(26)24-14-12-23(13-15-24)16-18-6-4-17(2)5-7-18/h4-7,19H,3,8-16H2,1-2H3,(H,22,26). The zero-order valence-corrected chi connectivity index (χ0v) is 17.0. The van der Waals surface area contributed by atoms with Crippen LogP contribution in [-0.2, 0) is 11.3 Å². The third-order valence-electron chi connectivity index (χ3n) is 5.53. The summed E-state index contributed by atoms with van der Waals surface area (Å²) < 4.78 is 5.04. The van der Waals surface area contributed by atoms with E-state index in [1.807, 2.05) is 11.8 Å². The zero-order chi connectivity index (χ0) is 19.9. The van der Waals surface area contributed by atoms with E-state index in [9.17, 15) is 9.59 Å². The van der Waals surface area contributed by atoms with E-state index in [0.717, 1.165) is 45.6 Å². The van der Waals surface area contributed by atoms with Gasteiger partial charge in [-0.05, 0) is 32.3 Å². The van der Waals surface area contributed by atoms with Crippen LogP contribution in [0.4, 0.5) is 9.59 Å². The van der Waals surface area contributed by atoms with Gasteiger partial charge in [0.25, 0.3) is 0 Å². The summed E-state index contributed by atoms with van der Waals surface area (Å²) in [6, 6.07) is 8.79. The Kier molecular flexibility index (Phi) is 7.14. The zero-order valence-electron chi connectivity index (χ0n) is 17.0. The molecular formula is C21H32N4O3. The molecule has 28 heavy (non-hydrogen) atoms. The smallest absolute Gasteiger partial charge is 0.409 e. The van der Waals surface area contributed by atoms with Crippen LogP contribution in [0.3, 0.4) is 0 Å². The van der Waals surface area contributed by atoms with E-state index in [-0.39, 0.29) is 18.2 Å². The number of carbonyl (C=O) groups is 2. The molecule has 2 saturated heterocycles. The van der Waals surface area contributed by atoms with Gasteiger partial charge >= 0.3 is 12.1 Å². The molecule has 0 saturated carbocycles. The van der Waals surface area contributed by atoms with E-state index in [2.05, 4.69) is 41.4 Å². The fourth-order valence-electron chi connectivity index (χ4n) is 3.75. The molecule has 1 aromatic rings. The van der Waals surface area contributed by atoms with E-state index in [0.29, 0.717) is 19.7 Å². The van der Waals surface area contributed by atoms with Crippen molar-refractivity contribution in [1.29, 1.82) is 0 Å². The molecule has 154 valence electrons. The number of nitrogens with zero attached hydrogens (tertiary/aromatic N) is 3. The minimum atomic E-state index is -0.253. The Bertz CT molecular complexity index is 648. The van der Waals surface area contributed by atoms with Crippen molar-refractivity contribution in [1.82, 2.24) is 20.0 Å². The SMILES string of the molecule is CCOC(=O)N1CCC(NC(=O)N2CCN(Cc3ccc(C)cc3)CC2)CC1. The lowest BCUT2D eigenvalue weighted by molar-refractivity contribution is 0.0939. The quantitative estimate of drug-likeness (QED) is 0.861. The molecule has 1 N–H and O–H groups in total. The van der Waals surface area contributed by atoms with Gasteiger partial charge in [-0.1, -0.05) is 29.8 Å². The molecule has 2 aliphatic heterocycles. The van der Waals surface area contributed by atoms with Crippen molar-refractivity contribution in [2.75, 3.05) is 45.9 Å².